The first-order valence-electron chi connectivity index (χ1n) is 6.30. The van der Waals surface area contributed by atoms with Crippen molar-refractivity contribution in [3.05, 3.63) is 29.3 Å². The van der Waals surface area contributed by atoms with Crippen LogP contribution in [0.1, 0.15) is 11.1 Å². The summed E-state index contributed by atoms with van der Waals surface area (Å²) < 4.78 is 10.5. The Hall–Kier alpha value is -1.59. The summed E-state index contributed by atoms with van der Waals surface area (Å²) >= 11 is 0. The maximum atomic E-state index is 11.2. The third-order valence-corrected chi connectivity index (χ3v) is 3.37. The van der Waals surface area contributed by atoms with E-state index in [9.17, 15) is 9.90 Å². The van der Waals surface area contributed by atoms with E-state index in [2.05, 4.69) is 0 Å². The number of hydrogen-bond acceptors (Lipinski definition) is 4. The van der Waals surface area contributed by atoms with Gasteiger partial charge < -0.3 is 14.6 Å². The van der Waals surface area contributed by atoms with Crippen molar-refractivity contribution in [2.24, 2.45) is 0 Å². The summed E-state index contributed by atoms with van der Waals surface area (Å²) in [7, 11) is 1.64. The average molecular weight is 265 g/mol. The van der Waals surface area contributed by atoms with Gasteiger partial charge in [0, 0.05) is 13.1 Å². The second-order valence-electron chi connectivity index (χ2n) is 4.70. The molecule has 5 nitrogen and oxygen atoms in total. The number of nitrogens with zero attached hydrogens (tertiary/aromatic N) is 1. The molecule has 104 valence electrons. The molecule has 1 aromatic rings. The smallest absolute Gasteiger partial charge is 0.323 e. The van der Waals surface area contributed by atoms with Gasteiger partial charge in [-0.05, 0) is 24.1 Å². The SMILES string of the molecule is COc1ccc(CN2CCOCC2C(=O)O)cc1C. The molecule has 0 amide bonds. The van der Waals surface area contributed by atoms with Gasteiger partial charge >= 0.3 is 5.97 Å². The Balaban J connectivity index is 2.10. The van der Waals surface area contributed by atoms with Crippen molar-refractivity contribution in [2.45, 2.75) is 19.5 Å². The van der Waals surface area contributed by atoms with E-state index in [1.807, 2.05) is 30.0 Å². The molecule has 1 aliphatic rings. The first-order valence-corrected chi connectivity index (χ1v) is 6.30. The molecular weight excluding hydrogens is 246 g/mol. The first kappa shape index (κ1) is 13.8. The molecule has 1 atom stereocenters. The summed E-state index contributed by atoms with van der Waals surface area (Å²) in [5, 5.41) is 9.18. The van der Waals surface area contributed by atoms with Crippen molar-refractivity contribution in [3.63, 3.8) is 0 Å². The zero-order valence-electron chi connectivity index (χ0n) is 11.3. The van der Waals surface area contributed by atoms with E-state index in [4.69, 9.17) is 9.47 Å². The minimum atomic E-state index is -0.829. The Bertz CT molecular complexity index is 461. The number of methoxy groups -OCH3 is 1. The molecule has 0 saturated carbocycles. The van der Waals surface area contributed by atoms with Crippen molar-refractivity contribution < 1.29 is 19.4 Å². The fourth-order valence-corrected chi connectivity index (χ4v) is 2.33. The molecule has 1 aromatic carbocycles. The molecule has 0 aromatic heterocycles. The molecule has 1 aliphatic heterocycles. The minimum absolute atomic E-state index is 0.254. The van der Waals surface area contributed by atoms with E-state index in [-0.39, 0.29) is 6.61 Å². The van der Waals surface area contributed by atoms with Crippen LogP contribution in [-0.4, -0.2) is 48.9 Å². The quantitative estimate of drug-likeness (QED) is 0.889. The van der Waals surface area contributed by atoms with Crippen LogP contribution in [0, 0.1) is 6.92 Å². The van der Waals surface area contributed by atoms with E-state index in [0.717, 1.165) is 16.9 Å². The highest BCUT2D eigenvalue weighted by Gasteiger charge is 2.29. The summed E-state index contributed by atoms with van der Waals surface area (Å²) in [5.74, 6) is 0.0189. The van der Waals surface area contributed by atoms with Gasteiger partial charge in [0.1, 0.15) is 11.8 Å². The zero-order chi connectivity index (χ0) is 13.8. The number of benzene rings is 1. The van der Waals surface area contributed by atoms with Crippen LogP contribution in [0.3, 0.4) is 0 Å². The van der Waals surface area contributed by atoms with E-state index < -0.39 is 12.0 Å². The van der Waals surface area contributed by atoms with Crippen LogP contribution in [0.5, 0.6) is 5.75 Å². The summed E-state index contributed by atoms with van der Waals surface area (Å²) in [5.41, 5.74) is 2.14. The second-order valence-corrected chi connectivity index (χ2v) is 4.70. The zero-order valence-corrected chi connectivity index (χ0v) is 11.3. The minimum Gasteiger partial charge on any atom is -0.496 e. The fraction of sp³-hybridized carbons (Fsp3) is 0.500. The molecule has 1 heterocycles. The summed E-state index contributed by atoms with van der Waals surface area (Å²) in [6, 6.07) is 5.37. The van der Waals surface area contributed by atoms with Gasteiger partial charge in [-0.3, -0.25) is 9.69 Å². The maximum absolute atomic E-state index is 11.2. The molecule has 1 fully saturated rings. The number of ether oxygens (including phenoxy) is 2. The number of hydrogen-bond donors (Lipinski definition) is 1. The predicted molar refractivity (Wildman–Crippen MR) is 70.4 cm³/mol. The molecule has 1 saturated heterocycles. The highest BCUT2D eigenvalue weighted by Crippen LogP contribution is 2.20. The first-order chi connectivity index (χ1) is 9.11. The summed E-state index contributed by atoms with van der Waals surface area (Å²) in [6.45, 7) is 4.08. The standard InChI is InChI=1S/C14H19NO4/c1-10-7-11(3-4-13(10)18-2)8-15-5-6-19-9-12(15)14(16)17/h3-4,7,12H,5-6,8-9H2,1-2H3,(H,16,17). The van der Waals surface area contributed by atoms with Gasteiger partial charge in [-0.2, -0.15) is 0 Å². The number of aryl methyl sites for hydroxylation is 1. The second kappa shape index (κ2) is 6.04. The van der Waals surface area contributed by atoms with Gasteiger partial charge in [-0.25, -0.2) is 0 Å². The highest BCUT2D eigenvalue weighted by molar-refractivity contribution is 5.73. The molecule has 5 heteroatoms. The molecular formula is C14H19NO4. The Morgan fingerprint density at radius 2 is 2.37 bits per heavy atom. The Kier molecular flexibility index (Phi) is 4.39. The van der Waals surface area contributed by atoms with Crippen LogP contribution in [0.4, 0.5) is 0 Å². The van der Waals surface area contributed by atoms with Crippen molar-refractivity contribution >= 4 is 5.97 Å². The van der Waals surface area contributed by atoms with E-state index >= 15 is 0 Å². The highest BCUT2D eigenvalue weighted by atomic mass is 16.5. The van der Waals surface area contributed by atoms with Gasteiger partial charge in [-0.15, -0.1) is 0 Å². The summed E-state index contributed by atoms with van der Waals surface area (Å²) in [6.07, 6.45) is 0. The molecule has 0 radical (unpaired) electrons. The molecule has 19 heavy (non-hydrogen) atoms. The molecule has 2 rings (SSSR count). The lowest BCUT2D eigenvalue weighted by Gasteiger charge is -2.32. The van der Waals surface area contributed by atoms with Crippen LogP contribution in [0.25, 0.3) is 0 Å². The van der Waals surface area contributed by atoms with Crippen molar-refractivity contribution in [3.8, 4) is 5.75 Å². The number of carbonyl (C=O) groups is 1. The topological polar surface area (TPSA) is 59.0 Å². The van der Waals surface area contributed by atoms with E-state index in [1.54, 1.807) is 7.11 Å². The monoisotopic (exact) mass is 265 g/mol. The van der Waals surface area contributed by atoms with Crippen molar-refractivity contribution in [2.75, 3.05) is 26.9 Å². The van der Waals surface area contributed by atoms with E-state index in [1.165, 1.54) is 0 Å². The van der Waals surface area contributed by atoms with Gasteiger partial charge in [0.05, 0.1) is 20.3 Å². The van der Waals surface area contributed by atoms with Crippen LogP contribution in [-0.2, 0) is 16.1 Å². The lowest BCUT2D eigenvalue weighted by Crippen LogP contribution is -2.49. The normalized spacial score (nSPS) is 20.2. The molecule has 0 bridgehead atoms. The Labute approximate surface area is 112 Å². The number of aliphatic carboxylic acids is 1. The Morgan fingerprint density at radius 1 is 1.58 bits per heavy atom. The fourth-order valence-electron chi connectivity index (χ4n) is 2.33. The third kappa shape index (κ3) is 3.24. The molecule has 1 N–H and O–H groups in total. The van der Waals surface area contributed by atoms with Gasteiger partial charge in [0.25, 0.3) is 0 Å². The number of carboxylic acids is 1. The van der Waals surface area contributed by atoms with Crippen molar-refractivity contribution in [1.29, 1.82) is 0 Å². The van der Waals surface area contributed by atoms with Crippen LogP contribution < -0.4 is 4.74 Å². The van der Waals surface area contributed by atoms with Gasteiger partial charge in [-0.1, -0.05) is 12.1 Å². The number of rotatable bonds is 4. The molecule has 1 unspecified atom stereocenters. The van der Waals surface area contributed by atoms with E-state index in [0.29, 0.717) is 19.7 Å². The molecule has 0 spiro atoms. The molecule has 0 aliphatic carbocycles. The number of morpholine rings is 1. The van der Waals surface area contributed by atoms with Gasteiger partial charge in [0.15, 0.2) is 0 Å². The average Bonchev–Trinajstić information content (AvgIpc) is 2.39. The van der Waals surface area contributed by atoms with Crippen LogP contribution in [0.2, 0.25) is 0 Å². The lowest BCUT2D eigenvalue weighted by atomic mass is 10.1. The maximum Gasteiger partial charge on any atom is 0.323 e. The largest absolute Gasteiger partial charge is 0.496 e. The lowest BCUT2D eigenvalue weighted by molar-refractivity contribution is -0.150. The predicted octanol–water partition coefficient (Wildman–Crippen LogP) is 1.29. The third-order valence-electron chi connectivity index (χ3n) is 3.37. The van der Waals surface area contributed by atoms with Gasteiger partial charge in [0.2, 0.25) is 0 Å². The summed E-state index contributed by atoms with van der Waals surface area (Å²) in [4.78, 5) is 13.1. The van der Waals surface area contributed by atoms with Crippen LogP contribution >= 0.6 is 0 Å². The Morgan fingerprint density at radius 3 is 3.00 bits per heavy atom. The van der Waals surface area contributed by atoms with Crippen LogP contribution in [0.15, 0.2) is 18.2 Å². The number of carboxylic acid groups (broad SMARTS) is 1. The van der Waals surface area contributed by atoms with Crippen molar-refractivity contribution in [1.82, 2.24) is 4.90 Å².